The molecule has 1 saturated heterocycles. The van der Waals surface area contributed by atoms with Crippen LogP contribution in [0.25, 0.3) is 0 Å². The van der Waals surface area contributed by atoms with E-state index in [9.17, 15) is 5.11 Å². The van der Waals surface area contributed by atoms with E-state index in [1.165, 1.54) is 0 Å². The Morgan fingerprint density at radius 3 is 2.59 bits per heavy atom. The van der Waals surface area contributed by atoms with Crippen molar-refractivity contribution in [2.45, 2.75) is 51.6 Å². The minimum atomic E-state index is -0.925. The third-order valence-corrected chi connectivity index (χ3v) is 6.11. The highest BCUT2D eigenvalue weighted by atomic mass is 16.5. The minimum Gasteiger partial charge on any atom is -0.456 e. The molecule has 158 valence electrons. The van der Waals surface area contributed by atoms with E-state index in [-0.39, 0.29) is 5.92 Å². The van der Waals surface area contributed by atoms with Gasteiger partial charge in [-0.15, -0.1) is 0 Å². The van der Waals surface area contributed by atoms with Crippen LogP contribution in [0.3, 0.4) is 0 Å². The van der Waals surface area contributed by atoms with Gasteiger partial charge in [0, 0.05) is 31.7 Å². The van der Waals surface area contributed by atoms with Gasteiger partial charge in [0.2, 0.25) is 0 Å². The standard InChI is InChI=1S/C25H35NO3/c1-19-10-4-5-14-23(19)29-24-20(2)11-8-13-22(24)25(27,15-6-7-17-28-3)21-12-9-16-26-18-21/h4-5,8,10-11,13-14,21,26-27H,6-7,9,12,15-18H2,1-3H3/t21-,25+/m1/s1. The van der Waals surface area contributed by atoms with Crippen LogP contribution in [-0.2, 0) is 10.3 Å². The number of aryl methyl sites for hydroxylation is 2. The van der Waals surface area contributed by atoms with Gasteiger partial charge in [-0.05, 0) is 69.7 Å². The molecule has 1 aliphatic rings. The summed E-state index contributed by atoms with van der Waals surface area (Å²) in [7, 11) is 1.73. The van der Waals surface area contributed by atoms with E-state index in [0.29, 0.717) is 6.42 Å². The van der Waals surface area contributed by atoms with Crippen molar-refractivity contribution in [2.24, 2.45) is 5.92 Å². The van der Waals surface area contributed by atoms with E-state index in [2.05, 4.69) is 31.3 Å². The van der Waals surface area contributed by atoms with E-state index in [0.717, 1.165) is 73.6 Å². The first-order chi connectivity index (χ1) is 14.1. The van der Waals surface area contributed by atoms with Crippen molar-refractivity contribution in [3.8, 4) is 11.5 Å². The molecule has 0 unspecified atom stereocenters. The number of hydrogen-bond donors (Lipinski definition) is 2. The topological polar surface area (TPSA) is 50.7 Å². The SMILES string of the molecule is COCCCC[C@@](O)(c1cccc(C)c1Oc1ccccc1C)[C@@H]1CCCNC1. The maximum atomic E-state index is 12.1. The first-order valence-corrected chi connectivity index (χ1v) is 10.8. The summed E-state index contributed by atoms with van der Waals surface area (Å²) < 4.78 is 11.7. The molecule has 2 atom stereocenters. The number of unbranched alkanes of at least 4 members (excludes halogenated alkanes) is 1. The predicted octanol–water partition coefficient (Wildman–Crippen LogP) is 5.10. The van der Waals surface area contributed by atoms with Crippen LogP contribution in [0.5, 0.6) is 11.5 Å². The van der Waals surface area contributed by atoms with Crippen molar-refractivity contribution < 1.29 is 14.6 Å². The maximum Gasteiger partial charge on any atom is 0.136 e. The molecular formula is C25H35NO3. The Labute approximate surface area is 175 Å². The van der Waals surface area contributed by atoms with Gasteiger partial charge in [0.15, 0.2) is 0 Å². The van der Waals surface area contributed by atoms with Crippen molar-refractivity contribution in [1.29, 1.82) is 0 Å². The fraction of sp³-hybridized carbons (Fsp3) is 0.520. The van der Waals surface area contributed by atoms with E-state index >= 15 is 0 Å². The largest absolute Gasteiger partial charge is 0.456 e. The van der Waals surface area contributed by atoms with Gasteiger partial charge in [0.25, 0.3) is 0 Å². The zero-order valence-electron chi connectivity index (χ0n) is 18.0. The second-order valence-corrected chi connectivity index (χ2v) is 8.24. The average molecular weight is 398 g/mol. The zero-order chi connectivity index (χ0) is 20.7. The number of rotatable bonds is 9. The predicted molar refractivity (Wildman–Crippen MR) is 118 cm³/mol. The number of para-hydroxylation sites is 2. The van der Waals surface area contributed by atoms with Crippen molar-refractivity contribution >= 4 is 0 Å². The van der Waals surface area contributed by atoms with Crippen molar-refractivity contribution in [2.75, 3.05) is 26.8 Å². The van der Waals surface area contributed by atoms with Crippen LogP contribution in [0.4, 0.5) is 0 Å². The van der Waals surface area contributed by atoms with Crippen molar-refractivity contribution in [3.05, 3.63) is 59.2 Å². The van der Waals surface area contributed by atoms with Crippen LogP contribution >= 0.6 is 0 Å². The fourth-order valence-electron chi connectivity index (χ4n) is 4.37. The zero-order valence-corrected chi connectivity index (χ0v) is 18.0. The number of methoxy groups -OCH3 is 1. The second-order valence-electron chi connectivity index (χ2n) is 8.24. The van der Waals surface area contributed by atoms with Crippen LogP contribution in [0.2, 0.25) is 0 Å². The van der Waals surface area contributed by atoms with E-state index in [1.54, 1.807) is 7.11 Å². The third-order valence-electron chi connectivity index (χ3n) is 6.11. The molecule has 1 fully saturated rings. The van der Waals surface area contributed by atoms with Gasteiger partial charge in [-0.25, -0.2) is 0 Å². The number of benzene rings is 2. The minimum absolute atomic E-state index is 0.166. The molecule has 2 aromatic carbocycles. The Kier molecular flexibility index (Phi) is 7.70. The molecule has 4 heteroatoms. The molecule has 0 aliphatic carbocycles. The van der Waals surface area contributed by atoms with Crippen LogP contribution < -0.4 is 10.1 Å². The van der Waals surface area contributed by atoms with Gasteiger partial charge >= 0.3 is 0 Å². The molecule has 0 bridgehead atoms. The molecule has 1 heterocycles. The van der Waals surface area contributed by atoms with Crippen LogP contribution in [0.1, 0.15) is 48.8 Å². The molecule has 2 N–H and O–H groups in total. The number of nitrogens with one attached hydrogen (secondary N) is 1. The maximum absolute atomic E-state index is 12.1. The number of hydrogen-bond acceptors (Lipinski definition) is 4. The summed E-state index contributed by atoms with van der Waals surface area (Å²) in [4.78, 5) is 0. The lowest BCUT2D eigenvalue weighted by Gasteiger charge is -2.40. The molecule has 0 amide bonds. The van der Waals surface area contributed by atoms with Crippen LogP contribution in [0, 0.1) is 19.8 Å². The first-order valence-electron chi connectivity index (χ1n) is 10.8. The summed E-state index contributed by atoms with van der Waals surface area (Å²) in [6, 6.07) is 14.2. The normalized spacial score (nSPS) is 19.0. The summed E-state index contributed by atoms with van der Waals surface area (Å²) in [6.45, 7) is 6.69. The van der Waals surface area contributed by atoms with Gasteiger partial charge in [-0.3, -0.25) is 0 Å². The molecule has 0 aromatic heterocycles. The smallest absolute Gasteiger partial charge is 0.136 e. The molecule has 0 saturated carbocycles. The fourth-order valence-corrected chi connectivity index (χ4v) is 4.37. The number of aliphatic hydroxyl groups is 1. The van der Waals surface area contributed by atoms with E-state index in [1.807, 2.05) is 30.3 Å². The lowest BCUT2D eigenvalue weighted by molar-refractivity contribution is -0.0447. The Bertz CT molecular complexity index is 785. The highest BCUT2D eigenvalue weighted by Crippen LogP contribution is 2.44. The summed E-state index contributed by atoms with van der Waals surface area (Å²) in [6.07, 6.45) is 4.67. The highest BCUT2D eigenvalue weighted by Gasteiger charge is 2.41. The molecule has 2 aromatic rings. The Morgan fingerprint density at radius 1 is 1.07 bits per heavy atom. The van der Waals surface area contributed by atoms with Crippen molar-refractivity contribution in [1.82, 2.24) is 5.32 Å². The molecule has 3 rings (SSSR count). The van der Waals surface area contributed by atoms with Gasteiger partial charge in [-0.2, -0.15) is 0 Å². The summed E-state index contributed by atoms with van der Waals surface area (Å²) in [5, 5.41) is 15.6. The Hall–Kier alpha value is -1.88. The van der Waals surface area contributed by atoms with Crippen LogP contribution in [-0.4, -0.2) is 31.9 Å². The van der Waals surface area contributed by atoms with Gasteiger partial charge in [-0.1, -0.05) is 36.4 Å². The molecular weight excluding hydrogens is 362 g/mol. The average Bonchev–Trinajstić information content (AvgIpc) is 2.74. The lowest BCUT2D eigenvalue weighted by atomic mass is 9.73. The molecule has 1 aliphatic heterocycles. The quantitative estimate of drug-likeness (QED) is 0.578. The molecule has 0 spiro atoms. The van der Waals surface area contributed by atoms with Gasteiger partial charge in [0.1, 0.15) is 11.5 Å². The Morgan fingerprint density at radius 2 is 1.86 bits per heavy atom. The summed E-state index contributed by atoms with van der Waals surface area (Å²) in [5.41, 5.74) is 2.12. The second kappa shape index (κ2) is 10.2. The Balaban J connectivity index is 1.98. The summed E-state index contributed by atoms with van der Waals surface area (Å²) >= 11 is 0. The third kappa shape index (κ3) is 5.19. The molecule has 4 nitrogen and oxygen atoms in total. The van der Waals surface area contributed by atoms with Crippen molar-refractivity contribution in [3.63, 3.8) is 0 Å². The summed E-state index contributed by atoms with van der Waals surface area (Å²) in [5.74, 6) is 1.80. The van der Waals surface area contributed by atoms with E-state index < -0.39 is 5.60 Å². The number of ether oxygens (including phenoxy) is 2. The van der Waals surface area contributed by atoms with Crippen LogP contribution in [0.15, 0.2) is 42.5 Å². The molecule has 0 radical (unpaired) electrons. The first kappa shape index (κ1) is 21.8. The number of piperidine rings is 1. The van der Waals surface area contributed by atoms with E-state index in [4.69, 9.17) is 9.47 Å². The highest BCUT2D eigenvalue weighted by molar-refractivity contribution is 5.48. The molecule has 29 heavy (non-hydrogen) atoms. The van der Waals surface area contributed by atoms with Gasteiger partial charge in [0.05, 0.1) is 5.60 Å². The van der Waals surface area contributed by atoms with Gasteiger partial charge < -0.3 is 19.9 Å². The monoisotopic (exact) mass is 397 g/mol. The lowest BCUT2D eigenvalue weighted by Crippen LogP contribution is -2.44.